The van der Waals surface area contributed by atoms with Crippen LogP contribution in [-0.2, 0) is 4.79 Å². The highest BCUT2D eigenvalue weighted by atomic mass is 32.1. The zero-order valence-electron chi connectivity index (χ0n) is 13.8. The molecule has 4 nitrogen and oxygen atoms in total. The van der Waals surface area contributed by atoms with E-state index in [1.807, 2.05) is 24.3 Å². The molecule has 1 aromatic rings. The number of thiocarbonyl (C=S) groups is 1. The maximum Gasteiger partial charge on any atom is 0.226 e. The van der Waals surface area contributed by atoms with Gasteiger partial charge in [-0.1, -0.05) is 32.3 Å². The molecule has 23 heavy (non-hydrogen) atoms. The van der Waals surface area contributed by atoms with Crippen LogP contribution in [0.2, 0.25) is 0 Å². The topological polar surface area (TPSA) is 50.4 Å². The Hall–Kier alpha value is -1.62. The van der Waals surface area contributed by atoms with Crippen molar-refractivity contribution in [3.63, 3.8) is 0 Å². The first-order valence-electron chi connectivity index (χ1n) is 8.51. The molecule has 0 bridgehead atoms. The fourth-order valence-corrected chi connectivity index (χ4v) is 3.05. The lowest BCUT2D eigenvalue weighted by Gasteiger charge is -2.13. The summed E-state index contributed by atoms with van der Waals surface area (Å²) in [4.78, 5) is 12.0. The van der Waals surface area contributed by atoms with Gasteiger partial charge in [0, 0.05) is 18.2 Å². The molecule has 126 valence electrons. The molecule has 5 heteroatoms. The van der Waals surface area contributed by atoms with Gasteiger partial charge in [-0.15, -0.1) is 0 Å². The average molecular weight is 334 g/mol. The highest BCUT2D eigenvalue weighted by Gasteiger charge is 2.18. The van der Waals surface area contributed by atoms with E-state index in [2.05, 4.69) is 17.6 Å². The van der Waals surface area contributed by atoms with Gasteiger partial charge in [0.05, 0.1) is 6.61 Å². The highest BCUT2D eigenvalue weighted by Crippen LogP contribution is 2.27. The third-order valence-corrected chi connectivity index (χ3v) is 4.26. The van der Waals surface area contributed by atoms with Gasteiger partial charge in [-0.2, -0.15) is 0 Å². The lowest BCUT2D eigenvalue weighted by atomic mass is 10.0. The first kappa shape index (κ1) is 17.7. The summed E-state index contributed by atoms with van der Waals surface area (Å²) in [5.41, 5.74) is 0.824. The van der Waals surface area contributed by atoms with E-state index in [4.69, 9.17) is 17.0 Å². The highest BCUT2D eigenvalue weighted by molar-refractivity contribution is 7.80. The molecule has 0 unspecified atom stereocenters. The van der Waals surface area contributed by atoms with Crippen LogP contribution in [0.1, 0.15) is 51.9 Å². The molecule has 0 aliphatic heterocycles. The van der Waals surface area contributed by atoms with E-state index < -0.39 is 0 Å². The van der Waals surface area contributed by atoms with Crippen LogP contribution >= 0.6 is 12.2 Å². The summed E-state index contributed by atoms with van der Waals surface area (Å²) in [6.45, 7) is 2.84. The Morgan fingerprint density at radius 2 is 2.13 bits per heavy atom. The van der Waals surface area contributed by atoms with Crippen LogP contribution in [0.15, 0.2) is 24.3 Å². The Bertz CT molecular complexity index is 528. The maximum atomic E-state index is 12.0. The number of hydrogen-bond donors (Lipinski definition) is 2. The molecule has 0 atom stereocenters. The molecule has 1 saturated carbocycles. The van der Waals surface area contributed by atoms with Crippen LogP contribution in [0.3, 0.4) is 0 Å². The van der Waals surface area contributed by atoms with E-state index in [0.717, 1.165) is 37.1 Å². The molecule has 0 radical (unpaired) electrons. The van der Waals surface area contributed by atoms with Crippen LogP contribution in [0.4, 0.5) is 5.69 Å². The first-order valence-corrected chi connectivity index (χ1v) is 8.92. The number of ether oxygens (including phenoxy) is 1. The average Bonchev–Trinajstić information content (AvgIpc) is 3.00. The maximum absolute atomic E-state index is 12.0. The Kier molecular flexibility index (Phi) is 7.33. The van der Waals surface area contributed by atoms with Gasteiger partial charge in [0.25, 0.3) is 0 Å². The monoisotopic (exact) mass is 334 g/mol. The molecule has 1 aromatic carbocycles. The van der Waals surface area contributed by atoms with Crippen molar-refractivity contribution in [3.05, 3.63) is 24.3 Å². The summed E-state index contributed by atoms with van der Waals surface area (Å²) in [5, 5.41) is 6.16. The summed E-state index contributed by atoms with van der Waals surface area (Å²) < 4.78 is 5.67. The molecule has 0 spiro atoms. The summed E-state index contributed by atoms with van der Waals surface area (Å²) in [5.74, 6) is 1.33. The molecule has 0 saturated heterocycles. The molecule has 2 N–H and O–H groups in total. The minimum atomic E-state index is 0.00440. The summed E-state index contributed by atoms with van der Waals surface area (Å²) in [6.07, 6.45) is 7.51. The van der Waals surface area contributed by atoms with E-state index in [1.54, 1.807) is 0 Å². The van der Waals surface area contributed by atoms with E-state index in [1.165, 1.54) is 12.8 Å². The van der Waals surface area contributed by atoms with Gasteiger partial charge < -0.3 is 15.4 Å². The molecule has 1 fully saturated rings. The molecular weight excluding hydrogens is 308 g/mol. The fraction of sp³-hybridized carbons (Fsp3) is 0.556. The van der Waals surface area contributed by atoms with E-state index in [-0.39, 0.29) is 5.91 Å². The SMILES string of the molecule is CCCCOc1cccc(NC(=S)NC(=O)CC2CCCC2)c1. The predicted molar refractivity (Wildman–Crippen MR) is 97.8 cm³/mol. The fourth-order valence-electron chi connectivity index (χ4n) is 2.81. The largest absolute Gasteiger partial charge is 0.494 e. The normalized spacial score (nSPS) is 14.5. The van der Waals surface area contributed by atoms with Gasteiger partial charge >= 0.3 is 0 Å². The van der Waals surface area contributed by atoms with E-state index >= 15 is 0 Å². The second-order valence-electron chi connectivity index (χ2n) is 6.09. The quantitative estimate of drug-likeness (QED) is 0.578. The van der Waals surface area contributed by atoms with Crippen molar-refractivity contribution < 1.29 is 9.53 Å². The van der Waals surface area contributed by atoms with Gasteiger partial charge in [-0.05, 0) is 49.5 Å². The van der Waals surface area contributed by atoms with Crippen molar-refractivity contribution in [2.45, 2.75) is 51.9 Å². The molecule has 0 aromatic heterocycles. The third-order valence-electron chi connectivity index (χ3n) is 4.06. The Balaban J connectivity index is 1.77. The van der Waals surface area contributed by atoms with Gasteiger partial charge in [0.1, 0.15) is 5.75 Å². The minimum absolute atomic E-state index is 0.00440. The molecule has 1 aliphatic rings. The van der Waals surface area contributed by atoms with Crippen molar-refractivity contribution in [2.24, 2.45) is 5.92 Å². The molecule has 0 heterocycles. The summed E-state index contributed by atoms with van der Waals surface area (Å²) in [6, 6.07) is 7.63. The molecule has 1 amide bonds. The van der Waals surface area contributed by atoms with Crippen molar-refractivity contribution in [2.75, 3.05) is 11.9 Å². The Morgan fingerprint density at radius 3 is 2.87 bits per heavy atom. The second kappa shape index (κ2) is 9.50. The molecule has 2 rings (SSSR count). The lowest BCUT2D eigenvalue weighted by Crippen LogP contribution is -2.34. The standard InChI is InChI=1S/C18H26N2O2S/c1-2-3-11-22-16-10-6-9-15(13-16)19-18(23)20-17(21)12-14-7-4-5-8-14/h6,9-10,13-14H,2-5,7-8,11-12H2,1H3,(H2,19,20,21,23). The predicted octanol–water partition coefficient (Wildman–Crippen LogP) is 4.26. The number of amides is 1. The number of anilines is 1. The number of hydrogen-bond acceptors (Lipinski definition) is 3. The number of carbonyl (C=O) groups is 1. The smallest absolute Gasteiger partial charge is 0.226 e. The minimum Gasteiger partial charge on any atom is -0.494 e. The van der Waals surface area contributed by atoms with Crippen LogP contribution in [0.5, 0.6) is 5.75 Å². The van der Waals surface area contributed by atoms with E-state index in [0.29, 0.717) is 24.1 Å². The van der Waals surface area contributed by atoms with Crippen molar-refractivity contribution in [1.82, 2.24) is 5.32 Å². The van der Waals surface area contributed by atoms with Gasteiger partial charge in [0.15, 0.2) is 5.11 Å². The van der Waals surface area contributed by atoms with Crippen molar-refractivity contribution in [1.29, 1.82) is 0 Å². The summed E-state index contributed by atoms with van der Waals surface area (Å²) >= 11 is 5.22. The summed E-state index contributed by atoms with van der Waals surface area (Å²) in [7, 11) is 0. The van der Waals surface area contributed by atoms with E-state index in [9.17, 15) is 4.79 Å². The number of benzene rings is 1. The number of nitrogens with one attached hydrogen (secondary N) is 2. The third kappa shape index (κ3) is 6.57. The van der Waals surface area contributed by atoms with Crippen molar-refractivity contribution >= 4 is 28.9 Å². The molecule has 1 aliphatic carbocycles. The zero-order valence-corrected chi connectivity index (χ0v) is 14.6. The van der Waals surface area contributed by atoms with Gasteiger partial charge in [0.2, 0.25) is 5.91 Å². The second-order valence-corrected chi connectivity index (χ2v) is 6.50. The Labute approximate surface area is 144 Å². The van der Waals surface area contributed by atoms with Crippen LogP contribution in [0, 0.1) is 5.92 Å². The first-order chi connectivity index (χ1) is 11.2. The van der Waals surface area contributed by atoms with Gasteiger partial charge in [-0.3, -0.25) is 4.79 Å². The van der Waals surface area contributed by atoms with Gasteiger partial charge in [-0.25, -0.2) is 0 Å². The van der Waals surface area contributed by atoms with Crippen molar-refractivity contribution in [3.8, 4) is 5.75 Å². The number of rotatable bonds is 7. The Morgan fingerprint density at radius 1 is 1.35 bits per heavy atom. The van der Waals surface area contributed by atoms with Crippen LogP contribution < -0.4 is 15.4 Å². The lowest BCUT2D eigenvalue weighted by molar-refractivity contribution is -0.120. The molecular formula is C18H26N2O2S. The number of carbonyl (C=O) groups excluding carboxylic acids is 1. The van der Waals surface area contributed by atoms with Crippen LogP contribution in [0.25, 0.3) is 0 Å². The number of unbranched alkanes of at least 4 members (excludes halogenated alkanes) is 1. The van der Waals surface area contributed by atoms with Crippen LogP contribution in [-0.4, -0.2) is 17.6 Å². The zero-order chi connectivity index (χ0) is 16.5.